The molecule has 0 aliphatic heterocycles. The third-order valence-corrected chi connectivity index (χ3v) is 4.15. The largest absolute Gasteiger partial charge is 0.351 e. The monoisotopic (exact) mass is 367 g/mol. The molecule has 0 bridgehead atoms. The summed E-state index contributed by atoms with van der Waals surface area (Å²) in [7, 11) is -4.11. The Kier molecular flexibility index (Phi) is 6.27. The second-order valence-corrected chi connectivity index (χ2v) is 8.58. The molecule has 8 heteroatoms. The number of halogens is 2. The Bertz CT molecular complexity index is 643. The van der Waals surface area contributed by atoms with Gasteiger partial charge in [0, 0.05) is 22.2 Å². The lowest BCUT2D eigenvalue weighted by Crippen LogP contribution is -2.29. The fourth-order valence-electron chi connectivity index (χ4n) is 1.83. The predicted octanol–water partition coefficient (Wildman–Crippen LogP) is 3.20. The molecule has 0 fully saturated rings. The van der Waals surface area contributed by atoms with Gasteiger partial charge in [-0.15, -0.1) is 0 Å². The highest BCUT2D eigenvalue weighted by molar-refractivity contribution is 7.85. The van der Waals surface area contributed by atoms with Crippen molar-refractivity contribution in [3.05, 3.63) is 33.3 Å². The molecule has 5 nitrogen and oxygen atoms in total. The summed E-state index contributed by atoms with van der Waals surface area (Å²) in [6, 6.07) is 2.99. The first-order valence-electron chi connectivity index (χ1n) is 6.60. The Morgan fingerprint density at radius 3 is 2.14 bits per heavy atom. The van der Waals surface area contributed by atoms with E-state index in [9.17, 15) is 13.2 Å². The molecule has 1 rings (SSSR count). The van der Waals surface area contributed by atoms with E-state index in [2.05, 4.69) is 26.1 Å². The van der Waals surface area contributed by atoms with Crippen LogP contribution in [0.5, 0.6) is 0 Å². The van der Waals surface area contributed by atoms with Gasteiger partial charge in [-0.2, -0.15) is 8.42 Å². The third-order valence-electron chi connectivity index (χ3n) is 2.76. The molecular formula is C14H19Cl2NO4S. The minimum Gasteiger partial charge on any atom is -0.351 e. The van der Waals surface area contributed by atoms with Crippen molar-refractivity contribution in [1.82, 2.24) is 5.32 Å². The number of carbonyl (C=O) groups is 1. The van der Waals surface area contributed by atoms with Gasteiger partial charge < -0.3 is 5.32 Å². The summed E-state index contributed by atoms with van der Waals surface area (Å²) in [6.45, 7) is 5.96. The van der Waals surface area contributed by atoms with Crippen molar-refractivity contribution >= 4 is 39.2 Å². The van der Waals surface area contributed by atoms with Crippen LogP contribution in [0.1, 0.15) is 36.7 Å². The van der Waals surface area contributed by atoms with Crippen molar-refractivity contribution in [1.29, 1.82) is 0 Å². The molecule has 0 aliphatic rings. The van der Waals surface area contributed by atoms with Crippen molar-refractivity contribution in [2.24, 2.45) is 5.41 Å². The standard InChI is InChI=1S/C14H19Cl2NO4S/c1-14(2,3)8-10-11(15)6-9(7-12(10)16)13(18)17-4-5-22(19,20)21/h6-7H,4-5,8H2,1-3H3,(H,17,18)(H,19,20,21). The summed E-state index contributed by atoms with van der Waals surface area (Å²) in [5.41, 5.74) is 1.00. The van der Waals surface area contributed by atoms with Crippen molar-refractivity contribution < 1.29 is 17.8 Å². The van der Waals surface area contributed by atoms with Gasteiger partial charge >= 0.3 is 0 Å². The minimum atomic E-state index is -4.11. The lowest BCUT2D eigenvalue weighted by Gasteiger charge is -2.20. The fraction of sp³-hybridized carbons (Fsp3) is 0.500. The molecule has 1 aromatic carbocycles. The highest BCUT2D eigenvalue weighted by atomic mass is 35.5. The zero-order valence-corrected chi connectivity index (χ0v) is 14.9. The molecule has 0 aromatic heterocycles. The number of amides is 1. The first kappa shape index (κ1) is 19.2. The molecule has 124 valence electrons. The van der Waals surface area contributed by atoms with Gasteiger partial charge in [-0.25, -0.2) is 0 Å². The maximum Gasteiger partial charge on any atom is 0.266 e. The average molecular weight is 368 g/mol. The second-order valence-electron chi connectivity index (χ2n) is 6.20. The number of hydrogen-bond donors (Lipinski definition) is 2. The van der Waals surface area contributed by atoms with Crippen LogP contribution < -0.4 is 5.32 Å². The van der Waals surface area contributed by atoms with Gasteiger partial charge in [0.05, 0.1) is 5.75 Å². The van der Waals surface area contributed by atoms with E-state index < -0.39 is 21.8 Å². The van der Waals surface area contributed by atoms with Crippen LogP contribution in [0.2, 0.25) is 10.0 Å². The maximum absolute atomic E-state index is 11.9. The van der Waals surface area contributed by atoms with E-state index in [-0.39, 0.29) is 17.5 Å². The zero-order chi connectivity index (χ0) is 17.1. The van der Waals surface area contributed by atoms with Crippen LogP contribution >= 0.6 is 23.2 Å². The van der Waals surface area contributed by atoms with Gasteiger partial charge in [0.2, 0.25) is 0 Å². The Labute approximate surface area is 140 Å². The minimum absolute atomic E-state index is 0.00740. The molecule has 0 saturated heterocycles. The van der Waals surface area contributed by atoms with Crippen LogP contribution in [0.25, 0.3) is 0 Å². The van der Waals surface area contributed by atoms with Crippen LogP contribution in [0.3, 0.4) is 0 Å². The second kappa shape index (κ2) is 7.17. The van der Waals surface area contributed by atoms with Gasteiger partial charge in [-0.1, -0.05) is 44.0 Å². The highest BCUT2D eigenvalue weighted by Gasteiger charge is 2.19. The van der Waals surface area contributed by atoms with Crippen molar-refractivity contribution in [3.63, 3.8) is 0 Å². The molecule has 0 unspecified atom stereocenters. The van der Waals surface area contributed by atoms with Gasteiger partial charge in [-0.3, -0.25) is 9.35 Å². The van der Waals surface area contributed by atoms with Crippen LogP contribution in [-0.4, -0.2) is 31.2 Å². The van der Waals surface area contributed by atoms with E-state index in [4.69, 9.17) is 27.8 Å². The SMILES string of the molecule is CC(C)(C)Cc1c(Cl)cc(C(=O)NCCS(=O)(=O)O)cc1Cl. The van der Waals surface area contributed by atoms with Gasteiger partial charge in [0.1, 0.15) is 0 Å². The molecule has 0 spiro atoms. The predicted molar refractivity (Wildman–Crippen MR) is 88.4 cm³/mol. The van der Waals surface area contributed by atoms with E-state index in [1.165, 1.54) is 12.1 Å². The summed E-state index contributed by atoms with van der Waals surface area (Å²) < 4.78 is 29.8. The summed E-state index contributed by atoms with van der Waals surface area (Å²) in [5, 5.41) is 3.16. The lowest BCUT2D eigenvalue weighted by atomic mass is 9.88. The Balaban J connectivity index is 2.87. The Morgan fingerprint density at radius 1 is 1.23 bits per heavy atom. The molecule has 0 heterocycles. The smallest absolute Gasteiger partial charge is 0.266 e. The van der Waals surface area contributed by atoms with E-state index in [1.54, 1.807) is 0 Å². The number of rotatable bonds is 5. The number of carbonyl (C=O) groups excluding carboxylic acids is 1. The van der Waals surface area contributed by atoms with E-state index in [1.807, 2.05) is 0 Å². The first-order valence-corrected chi connectivity index (χ1v) is 8.97. The van der Waals surface area contributed by atoms with Crippen molar-refractivity contribution in [2.75, 3.05) is 12.3 Å². The quantitative estimate of drug-likeness (QED) is 0.782. The van der Waals surface area contributed by atoms with E-state index in [0.29, 0.717) is 16.5 Å². The van der Waals surface area contributed by atoms with Crippen LogP contribution in [0.15, 0.2) is 12.1 Å². The van der Waals surface area contributed by atoms with Crippen molar-refractivity contribution in [3.8, 4) is 0 Å². The molecule has 1 amide bonds. The molecule has 0 aliphatic carbocycles. The molecule has 0 saturated carbocycles. The Hall–Kier alpha value is -0.820. The number of hydrogen-bond acceptors (Lipinski definition) is 3. The topological polar surface area (TPSA) is 83.5 Å². The molecule has 2 N–H and O–H groups in total. The summed E-state index contributed by atoms with van der Waals surface area (Å²) >= 11 is 12.4. The Morgan fingerprint density at radius 2 is 1.73 bits per heavy atom. The molecule has 1 aromatic rings. The van der Waals surface area contributed by atoms with Crippen LogP contribution in [-0.2, 0) is 16.5 Å². The third kappa shape index (κ3) is 6.52. The maximum atomic E-state index is 11.9. The number of benzene rings is 1. The average Bonchev–Trinajstić information content (AvgIpc) is 2.30. The molecular weight excluding hydrogens is 349 g/mol. The molecule has 0 radical (unpaired) electrons. The van der Waals surface area contributed by atoms with Crippen molar-refractivity contribution in [2.45, 2.75) is 27.2 Å². The molecule has 0 atom stereocenters. The van der Waals surface area contributed by atoms with Gasteiger partial charge in [0.25, 0.3) is 16.0 Å². The van der Waals surface area contributed by atoms with Crippen LogP contribution in [0.4, 0.5) is 0 Å². The van der Waals surface area contributed by atoms with E-state index in [0.717, 1.165) is 5.56 Å². The molecule has 22 heavy (non-hydrogen) atoms. The lowest BCUT2D eigenvalue weighted by molar-refractivity contribution is 0.0956. The van der Waals surface area contributed by atoms with E-state index >= 15 is 0 Å². The van der Waals surface area contributed by atoms with Gasteiger partial charge in [-0.05, 0) is 29.5 Å². The summed E-state index contributed by atoms with van der Waals surface area (Å²) in [6.07, 6.45) is 0.662. The first-order chi connectivity index (χ1) is 9.89. The van der Waals surface area contributed by atoms with Gasteiger partial charge in [0.15, 0.2) is 0 Å². The zero-order valence-electron chi connectivity index (χ0n) is 12.6. The summed E-state index contributed by atoms with van der Waals surface area (Å²) in [4.78, 5) is 11.9. The highest BCUT2D eigenvalue weighted by Crippen LogP contribution is 2.32. The summed E-state index contributed by atoms with van der Waals surface area (Å²) in [5.74, 6) is -1.06. The normalized spacial score (nSPS) is 12.3. The fourth-order valence-corrected chi connectivity index (χ4v) is 2.81. The van der Waals surface area contributed by atoms with Crippen LogP contribution in [0, 0.1) is 5.41 Å². The number of nitrogens with one attached hydrogen (secondary N) is 1.